The highest BCUT2D eigenvalue weighted by molar-refractivity contribution is 7.32. The minimum Gasteiger partial charge on any atom is -0.221 e. The third-order valence-corrected chi connectivity index (χ3v) is 0.321. The SMILES string of the molecule is FPC(F)(F)F. The summed E-state index contributed by atoms with van der Waals surface area (Å²) in [6.45, 7) is 0. The van der Waals surface area contributed by atoms with Crippen LogP contribution in [0.25, 0.3) is 0 Å². The van der Waals surface area contributed by atoms with Crippen LogP contribution in [0, 0.1) is 0 Å². The molecule has 0 N–H and O–H groups in total. The Labute approximate surface area is 33.4 Å². The summed E-state index contributed by atoms with van der Waals surface area (Å²) in [5.41, 5.74) is 0. The van der Waals surface area contributed by atoms with Crippen LogP contribution in [0.5, 0.6) is 0 Å². The molecule has 0 aliphatic carbocycles. The number of halogens is 4. The van der Waals surface area contributed by atoms with E-state index in [0.29, 0.717) is 0 Å². The largest absolute Gasteiger partial charge is 0.432 e. The van der Waals surface area contributed by atoms with Crippen molar-refractivity contribution in [1.29, 1.82) is 0 Å². The monoisotopic (exact) mass is 120 g/mol. The van der Waals surface area contributed by atoms with Crippen LogP contribution in [0.1, 0.15) is 0 Å². The van der Waals surface area contributed by atoms with Gasteiger partial charge in [0.25, 0.3) is 0 Å². The maximum absolute atomic E-state index is 10.4. The van der Waals surface area contributed by atoms with E-state index in [1.165, 1.54) is 0 Å². The lowest BCUT2D eigenvalue weighted by Gasteiger charge is -1.93. The summed E-state index contributed by atoms with van der Waals surface area (Å²) in [7, 11) is -2.43. The van der Waals surface area contributed by atoms with E-state index in [0.717, 1.165) is 0 Å². The van der Waals surface area contributed by atoms with Crippen molar-refractivity contribution >= 4 is 8.89 Å². The first-order chi connectivity index (χ1) is 2.56. The number of rotatable bonds is 0. The van der Waals surface area contributed by atoms with Crippen molar-refractivity contribution in [3.05, 3.63) is 0 Å². The number of alkyl halides is 3. The van der Waals surface area contributed by atoms with Crippen LogP contribution in [0.3, 0.4) is 0 Å². The molecule has 0 radical (unpaired) electrons. The molecule has 0 aromatic rings. The Hall–Kier alpha value is 0.150. The van der Waals surface area contributed by atoms with Gasteiger partial charge in [-0.25, -0.2) is 4.20 Å². The van der Waals surface area contributed by atoms with E-state index in [-0.39, 0.29) is 0 Å². The van der Waals surface area contributed by atoms with Crippen molar-refractivity contribution in [2.75, 3.05) is 0 Å². The van der Waals surface area contributed by atoms with Crippen molar-refractivity contribution < 1.29 is 17.4 Å². The molecule has 0 aromatic heterocycles. The minimum atomic E-state index is -4.60. The molecule has 38 valence electrons. The van der Waals surface area contributed by atoms with Crippen molar-refractivity contribution in [2.45, 2.75) is 5.92 Å². The molecule has 0 aliphatic rings. The first-order valence-electron chi connectivity index (χ1n) is 1.01. The number of hydrogen-bond donors (Lipinski definition) is 0. The summed E-state index contributed by atoms with van der Waals surface area (Å²) in [6, 6.07) is 0. The second-order valence-corrected chi connectivity index (χ2v) is 1.35. The second kappa shape index (κ2) is 1.73. The van der Waals surface area contributed by atoms with Crippen LogP contribution < -0.4 is 0 Å². The fourth-order valence-electron chi connectivity index (χ4n) is 0. The van der Waals surface area contributed by atoms with E-state index in [9.17, 15) is 17.4 Å². The summed E-state index contributed by atoms with van der Waals surface area (Å²) in [5.74, 6) is -4.60. The lowest BCUT2D eigenvalue weighted by Crippen LogP contribution is -1.91. The molecule has 0 spiro atoms. The van der Waals surface area contributed by atoms with E-state index in [2.05, 4.69) is 0 Å². The van der Waals surface area contributed by atoms with E-state index in [1.807, 2.05) is 0 Å². The zero-order valence-corrected chi connectivity index (χ0v) is 3.51. The first kappa shape index (κ1) is 6.15. The van der Waals surface area contributed by atoms with Crippen molar-refractivity contribution in [1.82, 2.24) is 0 Å². The summed E-state index contributed by atoms with van der Waals surface area (Å²) >= 11 is 0. The number of hydrogen-bond acceptors (Lipinski definition) is 0. The third-order valence-electron chi connectivity index (χ3n) is 0.107. The first-order valence-corrected chi connectivity index (χ1v) is 1.88. The average molecular weight is 120 g/mol. The molecule has 1 unspecified atom stereocenters. The Bertz CT molecular complexity index is 37.3. The summed E-state index contributed by atoms with van der Waals surface area (Å²) < 4.78 is 41.7. The molecule has 0 bridgehead atoms. The molecule has 6 heavy (non-hydrogen) atoms. The Morgan fingerprint density at radius 1 is 1.17 bits per heavy atom. The molecule has 5 heteroatoms. The van der Waals surface area contributed by atoms with Crippen LogP contribution in [0.15, 0.2) is 0 Å². The van der Waals surface area contributed by atoms with E-state index in [4.69, 9.17) is 0 Å². The smallest absolute Gasteiger partial charge is 0.221 e. The van der Waals surface area contributed by atoms with Gasteiger partial charge in [-0.3, -0.25) is 0 Å². The minimum absolute atomic E-state index is 2.43. The van der Waals surface area contributed by atoms with Gasteiger partial charge < -0.3 is 0 Å². The van der Waals surface area contributed by atoms with Crippen LogP contribution in [-0.4, -0.2) is 5.92 Å². The van der Waals surface area contributed by atoms with Crippen LogP contribution in [0.4, 0.5) is 17.4 Å². The lowest BCUT2D eigenvalue weighted by molar-refractivity contribution is -0.0405. The predicted octanol–water partition coefficient (Wildman–Crippen LogP) is 2.07. The van der Waals surface area contributed by atoms with Gasteiger partial charge in [0.2, 0.25) is 0 Å². The van der Waals surface area contributed by atoms with Gasteiger partial charge in [-0.05, 0) is 0 Å². The van der Waals surface area contributed by atoms with Crippen molar-refractivity contribution in [2.24, 2.45) is 0 Å². The van der Waals surface area contributed by atoms with Crippen molar-refractivity contribution in [3.8, 4) is 0 Å². The highest BCUT2D eigenvalue weighted by atomic mass is 31.1. The Morgan fingerprint density at radius 2 is 1.33 bits per heavy atom. The zero-order valence-electron chi connectivity index (χ0n) is 2.51. The molecule has 0 fully saturated rings. The Morgan fingerprint density at radius 3 is 1.33 bits per heavy atom. The average Bonchev–Trinajstić information content (AvgIpc) is 1.35. The van der Waals surface area contributed by atoms with E-state index < -0.39 is 14.8 Å². The summed E-state index contributed by atoms with van der Waals surface area (Å²) in [6.07, 6.45) is 0. The van der Waals surface area contributed by atoms with E-state index >= 15 is 0 Å². The normalized spacial score (nSPS) is 14.0. The van der Waals surface area contributed by atoms with Crippen LogP contribution >= 0.6 is 8.89 Å². The van der Waals surface area contributed by atoms with Gasteiger partial charge in [0.05, 0.1) is 0 Å². The molecule has 0 aliphatic heterocycles. The third kappa shape index (κ3) is 4.15. The molecule has 1 atom stereocenters. The van der Waals surface area contributed by atoms with Crippen LogP contribution in [0.2, 0.25) is 0 Å². The quantitative estimate of drug-likeness (QED) is 0.339. The summed E-state index contributed by atoms with van der Waals surface area (Å²) in [4.78, 5) is 0. The molecule has 0 rings (SSSR count). The van der Waals surface area contributed by atoms with Gasteiger partial charge in [0, 0.05) is 0 Å². The molecule has 0 amide bonds. The molecule has 0 saturated carbocycles. The highest BCUT2D eigenvalue weighted by Crippen LogP contribution is 2.36. The van der Waals surface area contributed by atoms with Gasteiger partial charge in [-0.1, -0.05) is 0 Å². The standard InChI is InChI=1S/CHF4P/c2-1(3,4)6-5/h6H. The molecule has 0 heterocycles. The lowest BCUT2D eigenvalue weighted by atomic mass is 11.6. The predicted molar refractivity (Wildman–Crippen MR) is 15.5 cm³/mol. The molecular formula is CHF4P. The zero-order chi connectivity index (χ0) is 5.21. The van der Waals surface area contributed by atoms with Gasteiger partial charge >= 0.3 is 5.92 Å². The fourth-order valence-corrected chi connectivity index (χ4v) is 0. The summed E-state index contributed by atoms with van der Waals surface area (Å²) in [5, 5.41) is 0. The Balaban J connectivity index is 3.17. The fraction of sp³-hybridized carbons (Fsp3) is 1.00. The molecule has 0 nitrogen and oxygen atoms in total. The van der Waals surface area contributed by atoms with E-state index in [1.54, 1.807) is 0 Å². The van der Waals surface area contributed by atoms with Crippen molar-refractivity contribution in [3.63, 3.8) is 0 Å². The van der Waals surface area contributed by atoms with Gasteiger partial charge in [0.15, 0.2) is 8.89 Å². The highest BCUT2D eigenvalue weighted by Gasteiger charge is 2.26. The molecule has 0 aromatic carbocycles. The molecule has 0 saturated heterocycles. The maximum Gasteiger partial charge on any atom is 0.432 e. The topological polar surface area (TPSA) is 0 Å². The van der Waals surface area contributed by atoms with Gasteiger partial charge in [-0.2, -0.15) is 13.2 Å². The van der Waals surface area contributed by atoms with Crippen LogP contribution in [-0.2, 0) is 0 Å². The second-order valence-electron chi connectivity index (χ2n) is 0.592. The van der Waals surface area contributed by atoms with Gasteiger partial charge in [-0.15, -0.1) is 0 Å². The molecular weight excluding hydrogens is 119 g/mol. The van der Waals surface area contributed by atoms with Gasteiger partial charge in [0.1, 0.15) is 0 Å². The maximum atomic E-state index is 10.4. The Kier molecular flexibility index (Phi) is 1.78.